The summed E-state index contributed by atoms with van der Waals surface area (Å²) in [7, 11) is 1.83. The molecule has 0 radical (unpaired) electrons. The number of carbonyl (C=O) groups is 1. The molecule has 34 heavy (non-hydrogen) atoms. The Morgan fingerprint density at radius 3 is 2.47 bits per heavy atom. The summed E-state index contributed by atoms with van der Waals surface area (Å²) in [5, 5.41) is 10.2. The molecule has 1 aliphatic carbocycles. The number of nitrogens with zero attached hydrogens (tertiary/aromatic N) is 2. The molecule has 180 valence electrons. The van der Waals surface area contributed by atoms with Crippen molar-refractivity contribution in [3.63, 3.8) is 0 Å². The van der Waals surface area contributed by atoms with Crippen LogP contribution in [0.25, 0.3) is 10.9 Å². The zero-order valence-electron chi connectivity index (χ0n) is 18.7. The highest BCUT2D eigenvalue weighted by Gasteiger charge is 2.33. The largest absolute Gasteiger partial charge is 0.573 e. The average molecular weight is 473 g/mol. The number of nitrogens with one attached hydrogen (secondary N) is 3. The summed E-state index contributed by atoms with van der Waals surface area (Å²) in [6, 6.07) is 13.4. The SMILES string of the molecule is CNc1nc(N[C@H]2CC[C@@H](CNC(=O)c3ccccc3OC(F)(F)F)CC2)nc2ccccc12. The first-order chi connectivity index (χ1) is 16.3. The molecule has 0 unspecified atom stereocenters. The number of fused-ring (bicyclic) bond motifs is 1. The van der Waals surface area contributed by atoms with Crippen LogP contribution in [0, 0.1) is 5.92 Å². The molecule has 0 saturated heterocycles. The molecule has 3 aromatic rings. The molecule has 0 spiro atoms. The molecule has 1 aromatic heterocycles. The third-order valence-corrected chi connectivity index (χ3v) is 5.93. The van der Waals surface area contributed by atoms with Gasteiger partial charge in [0.25, 0.3) is 5.91 Å². The van der Waals surface area contributed by atoms with Crippen LogP contribution in [0.3, 0.4) is 0 Å². The number of hydrogen-bond acceptors (Lipinski definition) is 6. The minimum absolute atomic E-state index is 0.135. The molecule has 2 aromatic carbocycles. The second-order valence-corrected chi connectivity index (χ2v) is 8.28. The van der Waals surface area contributed by atoms with Crippen molar-refractivity contribution in [1.82, 2.24) is 15.3 Å². The van der Waals surface area contributed by atoms with Gasteiger partial charge in [-0.1, -0.05) is 24.3 Å². The zero-order valence-corrected chi connectivity index (χ0v) is 18.7. The fourth-order valence-corrected chi connectivity index (χ4v) is 4.23. The van der Waals surface area contributed by atoms with E-state index in [1.807, 2.05) is 31.3 Å². The predicted molar refractivity (Wildman–Crippen MR) is 124 cm³/mol. The Labute approximate surface area is 195 Å². The van der Waals surface area contributed by atoms with E-state index in [9.17, 15) is 18.0 Å². The van der Waals surface area contributed by atoms with Gasteiger partial charge < -0.3 is 20.7 Å². The number of halogens is 3. The van der Waals surface area contributed by atoms with Gasteiger partial charge >= 0.3 is 6.36 Å². The summed E-state index contributed by atoms with van der Waals surface area (Å²) in [6.07, 6.45) is -1.38. The first-order valence-electron chi connectivity index (χ1n) is 11.2. The van der Waals surface area contributed by atoms with Crippen molar-refractivity contribution in [3.05, 3.63) is 54.1 Å². The summed E-state index contributed by atoms with van der Waals surface area (Å²) in [5.74, 6) is 0.490. The van der Waals surface area contributed by atoms with Gasteiger partial charge in [-0.2, -0.15) is 4.98 Å². The fraction of sp³-hybridized carbons (Fsp3) is 0.375. The van der Waals surface area contributed by atoms with Crippen LogP contribution in [-0.4, -0.2) is 41.9 Å². The van der Waals surface area contributed by atoms with Crippen molar-refractivity contribution in [3.8, 4) is 5.75 Å². The monoisotopic (exact) mass is 473 g/mol. The van der Waals surface area contributed by atoms with Gasteiger partial charge in [0, 0.05) is 25.0 Å². The third-order valence-electron chi connectivity index (χ3n) is 5.93. The summed E-state index contributed by atoms with van der Waals surface area (Å²) < 4.78 is 41.8. The number of amides is 1. The van der Waals surface area contributed by atoms with Crippen LogP contribution in [0.2, 0.25) is 0 Å². The third kappa shape index (κ3) is 5.86. The molecule has 1 aliphatic rings. The molecular formula is C24H26F3N5O2. The van der Waals surface area contributed by atoms with Gasteiger partial charge in [-0.3, -0.25) is 4.79 Å². The molecule has 10 heteroatoms. The Bertz CT molecular complexity index is 1150. The maximum absolute atomic E-state index is 12.6. The number of benzene rings is 2. The van der Waals surface area contributed by atoms with Gasteiger partial charge in [-0.25, -0.2) is 4.98 Å². The molecule has 1 saturated carbocycles. The van der Waals surface area contributed by atoms with Crippen LogP contribution in [-0.2, 0) is 0 Å². The lowest BCUT2D eigenvalue weighted by molar-refractivity contribution is -0.274. The summed E-state index contributed by atoms with van der Waals surface area (Å²) in [5.41, 5.74) is 0.722. The van der Waals surface area contributed by atoms with Crippen LogP contribution in [0.4, 0.5) is 24.9 Å². The molecule has 0 bridgehead atoms. The highest BCUT2D eigenvalue weighted by molar-refractivity contribution is 5.96. The maximum atomic E-state index is 12.6. The van der Waals surface area contributed by atoms with Crippen molar-refractivity contribution in [2.75, 3.05) is 24.2 Å². The van der Waals surface area contributed by atoms with E-state index in [1.54, 1.807) is 0 Å². The highest BCUT2D eigenvalue weighted by Crippen LogP contribution is 2.29. The number of rotatable bonds is 7. The normalized spacial score (nSPS) is 18.4. The molecule has 0 aliphatic heterocycles. The molecule has 3 N–H and O–H groups in total. The minimum Gasteiger partial charge on any atom is -0.405 e. The number of anilines is 2. The Balaban J connectivity index is 1.30. The molecule has 1 amide bonds. The quantitative estimate of drug-likeness (QED) is 0.449. The topological polar surface area (TPSA) is 88.2 Å². The Hall–Kier alpha value is -3.56. The van der Waals surface area contributed by atoms with E-state index >= 15 is 0 Å². The lowest BCUT2D eigenvalue weighted by Gasteiger charge is -2.29. The van der Waals surface area contributed by atoms with Crippen molar-refractivity contribution in [2.24, 2.45) is 5.92 Å². The second-order valence-electron chi connectivity index (χ2n) is 8.28. The smallest absolute Gasteiger partial charge is 0.405 e. The van der Waals surface area contributed by atoms with Gasteiger partial charge in [-0.05, 0) is 55.9 Å². The number of ether oxygens (including phenoxy) is 1. The van der Waals surface area contributed by atoms with Gasteiger partial charge in [0.05, 0.1) is 11.1 Å². The molecule has 7 nitrogen and oxygen atoms in total. The van der Waals surface area contributed by atoms with Gasteiger partial charge in [0.2, 0.25) is 5.95 Å². The number of hydrogen-bond donors (Lipinski definition) is 3. The molecular weight excluding hydrogens is 447 g/mol. The molecule has 0 atom stereocenters. The van der Waals surface area contributed by atoms with E-state index in [2.05, 4.69) is 30.7 Å². The summed E-state index contributed by atoms with van der Waals surface area (Å²) >= 11 is 0. The number of aromatic nitrogens is 2. The Morgan fingerprint density at radius 1 is 1.03 bits per heavy atom. The summed E-state index contributed by atoms with van der Waals surface area (Å²) in [6.45, 7) is 0.391. The number of para-hydroxylation sites is 2. The van der Waals surface area contributed by atoms with E-state index in [4.69, 9.17) is 0 Å². The van der Waals surface area contributed by atoms with Crippen LogP contribution < -0.4 is 20.7 Å². The van der Waals surface area contributed by atoms with Gasteiger partial charge in [-0.15, -0.1) is 13.2 Å². The van der Waals surface area contributed by atoms with Crippen LogP contribution in [0.1, 0.15) is 36.0 Å². The molecule has 1 fully saturated rings. The average Bonchev–Trinajstić information content (AvgIpc) is 2.82. The van der Waals surface area contributed by atoms with Crippen molar-refractivity contribution < 1.29 is 22.7 Å². The van der Waals surface area contributed by atoms with Crippen molar-refractivity contribution >= 4 is 28.6 Å². The van der Waals surface area contributed by atoms with E-state index in [0.29, 0.717) is 12.5 Å². The second kappa shape index (κ2) is 10.1. The van der Waals surface area contributed by atoms with Gasteiger partial charge in [0.1, 0.15) is 11.6 Å². The predicted octanol–water partition coefficient (Wildman–Crippen LogP) is 4.97. The summed E-state index contributed by atoms with van der Waals surface area (Å²) in [4.78, 5) is 21.7. The Kier molecular flexibility index (Phi) is 7.04. The molecule has 1 heterocycles. The van der Waals surface area contributed by atoms with Crippen LogP contribution in [0.5, 0.6) is 5.75 Å². The maximum Gasteiger partial charge on any atom is 0.573 e. The highest BCUT2D eigenvalue weighted by atomic mass is 19.4. The molecule has 4 rings (SSSR count). The van der Waals surface area contributed by atoms with Gasteiger partial charge in [0.15, 0.2) is 0 Å². The van der Waals surface area contributed by atoms with Crippen LogP contribution in [0.15, 0.2) is 48.5 Å². The van der Waals surface area contributed by atoms with Crippen LogP contribution >= 0.6 is 0 Å². The number of carbonyl (C=O) groups excluding carboxylic acids is 1. The fourth-order valence-electron chi connectivity index (χ4n) is 4.23. The lowest BCUT2D eigenvalue weighted by atomic mass is 9.86. The zero-order chi connectivity index (χ0) is 24.1. The Morgan fingerprint density at radius 2 is 1.74 bits per heavy atom. The lowest BCUT2D eigenvalue weighted by Crippen LogP contribution is -2.34. The van der Waals surface area contributed by atoms with Crippen molar-refractivity contribution in [1.29, 1.82) is 0 Å². The first kappa shape index (κ1) is 23.6. The standard InChI is InChI=1S/C24H26F3N5O2/c1-28-21-17-6-2-4-8-19(17)31-23(32-21)30-16-12-10-15(11-13-16)14-29-22(33)18-7-3-5-9-20(18)34-24(25,26)27/h2-9,15-16H,10-14H2,1H3,(H,29,33)(H2,28,30,31,32)/t15-,16+. The minimum atomic E-state index is -4.86. The van der Waals surface area contributed by atoms with Crippen molar-refractivity contribution in [2.45, 2.75) is 38.1 Å². The van der Waals surface area contributed by atoms with E-state index < -0.39 is 18.0 Å². The number of alkyl halides is 3. The first-order valence-corrected chi connectivity index (χ1v) is 11.2. The van der Waals surface area contributed by atoms with E-state index in [0.717, 1.165) is 48.5 Å². The van der Waals surface area contributed by atoms with E-state index in [1.165, 1.54) is 18.2 Å². The van der Waals surface area contributed by atoms with E-state index in [-0.39, 0.29) is 17.5 Å².